The van der Waals surface area contributed by atoms with Crippen molar-refractivity contribution in [2.24, 2.45) is 17.8 Å². The van der Waals surface area contributed by atoms with E-state index in [0.29, 0.717) is 6.10 Å². The summed E-state index contributed by atoms with van der Waals surface area (Å²) in [7, 11) is 0. The quantitative estimate of drug-likeness (QED) is 0.269. The summed E-state index contributed by atoms with van der Waals surface area (Å²) in [6, 6.07) is 0. The van der Waals surface area contributed by atoms with E-state index in [1.807, 2.05) is 6.92 Å². The first-order chi connectivity index (χ1) is 12.8. The van der Waals surface area contributed by atoms with Gasteiger partial charge in [0.15, 0.2) is 0 Å². The molecule has 1 heteroatoms. The van der Waals surface area contributed by atoms with E-state index in [9.17, 15) is 0 Å². The third-order valence-corrected chi connectivity index (χ3v) is 6.86. The summed E-state index contributed by atoms with van der Waals surface area (Å²) in [6.07, 6.45) is 29.1. The summed E-state index contributed by atoms with van der Waals surface area (Å²) in [5.74, 6) is 3.08. The zero-order valence-electron chi connectivity index (χ0n) is 17.6. The zero-order chi connectivity index (χ0) is 18.5. The SMILES string of the molecule is C/C=C/C=C/CO[C@H]1CC[C@H](C2CCC(CCCCCCC)CC2)CC1. The van der Waals surface area contributed by atoms with Crippen LogP contribution in [0.5, 0.6) is 0 Å². The highest BCUT2D eigenvalue weighted by Crippen LogP contribution is 2.41. The van der Waals surface area contributed by atoms with Gasteiger partial charge in [0, 0.05) is 0 Å². The van der Waals surface area contributed by atoms with Gasteiger partial charge in [0.2, 0.25) is 0 Å². The molecule has 0 aromatic rings. The summed E-state index contributed by atoms with van der Waals surface area (Å²) in [6.45, 7) is 5.14. The number of hydrogen-bond acceptors (Lipinski definition) is 1. The van der Waals surface area contributed by atoms with Crippen LogP contribution in [0.15, 0.2) is 24.3 Å². The predicted molar refractivity (Wildman–Crippen MR) is 114 cm³/mol. The van der Waals surface area contributed by atoms with Crippen molar-refractivity contribution in [1.29, 1.82) is 0 Å². The third kappa shape index (κ3) is 8.42. The molecule has 0 aromatic heterocycles. The van der Waals surface area contributed by atoms with Gasteiger partial charge < -0.3 is 4.74 Å². The average Bonchev–Trinajstić information content (AvgIpc) is 2.69. The second-order valence-electron chi connectivity index (χ2n) is 8.81. The van der Waals surface area contributed by atoms with Crippen LogP contribution in [-0.4, -0.2) is 12.7 Å². The maximum Gasteiger partial charge on any atom is 0.0654 e. The lowest BCUT2D eigenvalue weighted by molar-refractivity contribution is 0.0210. The lowest BCUT2D eigenvalue weighted by Gasteiger charge is -2.37. The van der Waals surface area contributed by atoms with Gasteiger partial charge in [-0.05, 0) is 63.2 Å². The maximum absolute atomic E-state index is 6.03. The molecule has 2 rings (SSSR count). The fourth-order valence-electron chi connectivity index (χ4n) is 5.15. The molecule has 0 heterocycles. The molecule has 1 nitrogen and oxygen atoms in total. The van der Waals surface area contributed by atoms with Crippen LogP contribution in [0.25, 0.3) is 0 Å². The Morgan fingerprint density at radius 1 is 0.769 bits per heavy atom. The molecule has 0 spiro atoms. The van der Waals surface area contributed by atoms with Crippen molar-refractivity contribution in [1.82, 2.24) is 0 Å². The number of allylic oxidation sites excluding steroid dienone is 3. The van der Waals surface area contributed by atoms with Gasteiger partial charge in [-0.15, -0.1) is 0 Å². The smallest absolute Gasteiger partial charge is 0.0654 e. The standard InChI is InChI=1S/C25H44O/c1-3-5-7-9-10-12-22-13-15-23(16-14-22)24-17-19-25(20-18-24)26-21-11-8-6-4-2/h4,6,8,11,22-25H,3,5,7,9-10,12-21H2,1-2H3/b6-4+,11-8+/t22?,23?,24-,25-. The van der Waals surface area contributed by atoms with Gasteiger partial charge in [-0.1, -0.05) is 82.6 Å². The Kier molecular flexibility index (Phi) is 11.4. The summed E-state index contributed by atoms with van der Waals surface area (Å²) in [4.78, 5) is 0. The van der Waals surface area contributed by atoms with E-state index in [4.69, 9.17) is 4.74 Å². The molecule has 2 fully saturated rings. The van der Waals surface area contributed by atoms with Crippen molar-refractivity contribution in [2.45, 2.75) is 110 Å². The zero-order valence-corrected chi connectivity index (χ0v) is 17.6. The van der Waals surface area contributed by atoms with Crippen molar-refractivity contribution in [3.05, 3.63) is 24.3 Å². The molecule has 0 aliphatic heterocycles. The van der Waals surface area contributed by atoms with Gasteiger partial charge in [-0.3, -0.25) is 0 Å². The highest BCUT2D eigenvalue weighted by atomic mass is 16.5. The van der Waals surface area contributed by atoms with Crippen LogP contribution < -0.4 is 0 Å². The van der Waals surface area contributed by atoms with Crippen LogP contribution in [0.3, 0.4) is 0 Å². The van der Waals surface area contributed by atoms with Gasteiger partial charge in [-0.2, -0.15) is 0 Å². The first-order valence-corrected chi connectivity index (χ1v) is 11.7. The summed E-state index contributed by atoms with van der Waals surface area (Å²) >= 11 is 0. The second kappa shape index (κ2) is 13.6. The topological polar surface area (TPSA) is 9.23 Å². The van der Waals surface area contributed by atoms with Crippen molar-refractivity contribution < 1.29 is 4.74 Å². The lowest BCUT2D eigenvalue weighted by atomic mass is 9.70. The monoisotopic (exact) mass is 360 g/mol. The number of rotatable bonds is 11. The van der Waals surface area contributed by atoms with Crippen LogP contribution in [0, 0.1) is 17.8 Å². The second-order valence-corrected chi connectivity index (χ2v) is 8.81. The molecule has 26 heavy (non-hydrogen) atoms. The van der Waals surface area contributed by atoms with Crippen LogP contribution in [0.2, 0.25) is 0 Å². The molecular formula is C25H44O. The van der Waals surface area contributed by atoms with Crippen molar-refractivity contribution in [2.75, 3.05) is 6.61 Å². The fraction of sp³-hybridized carbons (Fsp3) is 0.840. The molecule has 0 amide bonds. The third-order valence-electron chi connectivity index (χ3n) is 6.86. The minimum Gasteiger partial charge on any atom is -0.374 e. The highest BCUT2D eigenvalue weighted by molar-refractivity contribution is 5.01. The van der Waals surface area contributed by atoms with Gasteiger partial charge >= 0.3 is 0 Å². The molecule has 0 saturated heterocycles. The number of hydrogen-bond donors (Lipinski definition) is 0. The van der Waals surface area contributed by atoms with E-state index in [0.717, 1.165) is 24.4 Å². The molecule has 0 bridgehead atoms. The molecule has 2 aliphatic rings. The molecule has 2 aliphatic carbocycles. The molecular weight excluding hydrogens is 316 g/mol. The Bertz CT molecular complexity index is 381. The molecule has 2 saturated carbocycles. The number of unbranched alkanes of at least 4 members (excludes halogenated alkanes) is 4. The van der Waals surface area contributed by atoms with E-state index < -0.39 is 0 Å². The summed E-state index contributed by atoms with van der Waals surface area (Å²) < 4.78 is 6.03. The molecule has 150 valence electrons. The highest BCUT2D eigenvalue weighted by Gasteiger charge is 2.30. The number of ether oxygens (including phenoxy) is 1. The summed E-state index contributed by atoms with van der Waals surface area (Å²) in [5.41, 5.74) is 0. The first kappa shape index (κ1) is 21.7. The van der Waals surface area contributed by atoms with E-state index in [1.165, 1.54) is 89.9 Å². The Labute approximate surface area is 163 Å². The molecule has 0 N–H and O–H groups in total. The van der Waals surface area contributed by atoms with Gasteiger partial charge in [0.1, 0.15) is 0 Å². The van der Waals surface area contributed by atoms with E-state index in [1.54, 1.807) is 0 Å². The van der Waals surface area contributed by atoms with E-state index in [-0.39, 0.29) is 0 Å². The van der Waals surface area contributed by atoms with Crippen LogP contribution >= 0.6 is 0 Å². The Morgan fingerprint density at radius 2 is 1.42 bits per heavy atom. The maximum atomic E-state index is 6.03. The molecule has 0 radical (unpaired) electrons. The lowest BCUT2D eigenvalue weighted by Crippen LogP contribution is -2.28. The van der Waals surface area contributed by atoms with Crippen molar-refractivity contribution in [3.63, 3.8) is 0 Å². The normalized spacial score (nSPS) is 30.4. The first-order valence-electron chi connectivity index (χ1n) is 11.7. The van der Waals surface area contributed by atoms with E-state index in [2.05, 4.69) is 31.2 Å². The minimum absolute atomic E-state index is 0.515. The van der Waals surface area contributed by atoms with Gasteiger partial charge in [-0.25, -0.2) is 0 Å². The molecule has 0 unspecified atom stereocenters. The summed E-state index contributed by atoms with van der Waals surface area (Å²) in [5, 5.41) is 0. The Balaban J connectivity index is 1.54. The van der Waals surface area contributed by atoms with Gasteiger partial charge in [0.25, 0.3) is 0 Å². The Morgan fingerprint density at radius 3 is 2.08 bits per heavy atom. The minimum atomic E-state index is 0.515. The molecule has 0 atom stereocenters. The van der Waals surface area contributed by atoms with Crippen LogP contribution in [0.1, 0.15) is 104 Å². The largest absolute Gasteiger partial charge is 0.374 e. The predicted octanol–water partition coefficient (Wildman–Crippen LogP) is 7.86. The van der Waals surface area contributed by atoms with Crippen LogP contribution in [-0.2, 0) is 4.74 Å². The van der Waals surface area contributed by atoms with Crippen molar-refractivity contribution >= 4 is 0 Å². The Hall–Kier alpha value is -0.560. The molecule has 0 aromatic carbocycles. The van der Waals surface area contributed by atoms with Crippen LogP contribution in [0.4, 0.5) is 0 Å². The average molecular weight is 361 g/mol. The van der Waals surface area contributed by atoms with Gasteiger partial charge in [0.05, 0.1) is 12.7 Å². The fourth-order valence-corrected chi connectivity index (χ4v) is 5.15. The van der Waals surface area contributed by atoms with E-state index >= 15 is 0 Å². The van der Waals surface area contributed by atoms with Crippen molar-refractivity contribution in [3.8, 4) is 0 Å².